The molecule has 0 radical (unpaired) electrons. The van der Waals surface area contributed by atoms with Crippen molar-refractivity contribution in [3.63, 3.8) is 0 Å². The lowest BCUT2D eigenvalue weighted by molar-refractivity contribution is 0.0821. The van der Waals surface area contributed by atoms with Crippen LogP contribution in [0.1, 0.15) is 19.0 Å². The molecule has 1 atom stereocenters. The molecule has 2 N–H and O–H groups in total. The highest BCUT2D eigenvalue weighted by Gasteiger charge is 2.15. The van der Waals surface area contributed by atoms with E-state index >= 15 is 0 Å². The third-order valence-electron chi connectivity index (χ3n) is 2.84. The summed E-state index contributed by atoms with van der Waals surface area (Å²) in [5.41, 5.74) is 7.62. The summed E-state index contributed by atoms with van der Waals surface area (Å²) in [6, 6.07) is 4.08. The number of ether oxygens (including phenoxy) is 1. The van der Waals surface area contributed by atoms with Gasteiger partial charge < -0.3 is 15.4 Å². The zero-order valence-corrected chi connectivity index (χ0v) is 9.72. The Labute approximate surface area is 96.4 Å². The van der Waals surface area contributed by atoms with Gasteiger partial charge in [-0.1, -0.05) is 0 Å². The summed E-state index contributed by atoms with van der Waals surface area (Å²) < 4.78 is 5.62. The van der Waals surface area contributed by atoms with Crippen LogP contribution in [-0.4, -0.2) is 30.8 Å². The van der Waals surface area contributed by atoms with E-state index in [-0.39, 0.29) is 6.10 Å². The quantitative estimate of drug-likeness (QED) is 0.814. The van der Waals surface area contributed by atoms with Crippen molar-refractivity contribution in [1.29, 1.82) is 0 Å². The van der Waals surface area contributed by atoms with Gasteiger partial charge >= 0.3 is 0 Å². The summed E-state index contributed by atoms with van der Waals surface area (Å²) >= 11 is 0. The van der Waals surface area contributed by atoms with E-state index < -0.39 is 0 Å². The van der Waals surface area contributed by atoms with Crippen LogP contribution in [0, 0.1) is 0 Å². The van der Waals surface area contributed by atoms with E-state index in [0.717, 1.165) is 37.5 Å². The molecule has 2 heterocycles. The molecule has 1 aromatic heterocycles. The number of anilines is 1. The van der Waals surface area contributed by atoms with Crippen LogP contribution in [0.4, 0.5) is 5.69 Å². The molecule has 0 bridgehead atoms. The maximum atomic E-state index is 5.62. The molecule has 2 rings (SSSR count). The van der Waals surface area contributed by atoms with Crippen molar-refractivity contribution < 1.29 is 4.74 Å². The molecule has 1 aromatic rings. The number of pyridine rings is 1. The third-order valence-corrected chi connectivity index (χ3v) is 2.84. The molecular weight excluding hydrogens is 202 g/mol. The predicted octanol–water partition coefficient (Wildman–Crippen LogP) is 1.16. The van der Waals surface area contributed by atoms with E-state index in [1.54, 1.807) is 0 Å². The minimum atomic E-state index is 0.289. The Balaban J connectivity index is 2.09. The van der Waals surface area contributed by atoms with Crippen LogP contribution in [0.15, 0.2) is 18.3 Å². The zero-order chi connectivity index (χ0) is 11.4. The second-order valence-electron chi connectivity index (χ2n) is 4.19. The summed E-state index contributed by atoms with van der Waals surface area (Å²) in [5.74, 6) is 0. The smallest absolute Gasteiger partial charge is 0.0721 e. The number of hydrogen-bond acceptors (Lipinski definition) is 4. The monoisotopic (exact) mass is 221 g/mol. The third kappa shape index (κ3) is 2.71. The van der Waals surface area contributed by atoms with Gasteiger partial charge in [0.1, 0.15) is 0 Å². The van der Waals surface area contributed by atoms with E-state index in [2.05, 4.69) is 22.9 Å². The highest BCUT2D eigenvalue weighted by Crippen LogP contribution is 2.16. The molecule has 0 amide bonds. The SMILES string of the molecule is CC1CN(c2ccc(CN)nc2)CCCO1. The Morgan fingerprint density at radius 3 is 3.12 bits per heavy atom. The second kappa shape index (κ2) is 5.27. The number of nitrogens with two attached hydrogens (primary N) is 1. The largest absolute Gasteiger partial charge is 0.377 e. The van der Waals surface area contributed by atoms with Gasteiger partial charge in [0.15, 0.2) is 0 Å². The minimum absolute atomic E-state index is 0.289. The van der Waals surface area contributed by atoms with Crippen LogP contribution in [0.2, 0.25) is 0 Å². The minimum Gasteiger partial charge on any atom is -0.377 e. The van der Waals surface area contributed by atoms with Crippen molar-refractivity contribution in [2.75, 3.05) is 24.6 Å². The molecule has 4 heteroatoms. The lowest BCUT2D eigenvalue weighted by atomic mass is 10.2. The summed E-state index contributed by atoms with van der Waals surface area (Å²) in [4.78, 5) is 6.64. The summed E-state index contributed by atoms with van der Waals surface area (Å²) in [6.07, 6.45) is 3.26. The van der Waals surface area contributed by atoms with E-state index in [4.69, 9.17) is 10.5 Å². The molecule has 1 saturated heterocycles. The van der Waals surface area contributed by atoms with Crippen molar-refractivity contribution in [2.24, 2.45) is 5.73 Å². The maximum Gasteiger partial charge on any atom is 0.0721 e. The predicted molar refractivity (Wildman–Crippen MR) is 64.4 cm³/mol. The molecule has 16 heavy (non-hydrogen) atoms. The van der Waals surface area contributed by atoms with E-state index in [1.807, 2.05) is 12.3 Å². The highest BCUT2D eigenvalue weighted by molar-refractivity contribution is 5.44. The van der Waals surface area contributed by atoms with Crippen LogP contribution in [0.5, 0.6) is 0 Å². The number of nitrogens with zero attached hydrogens (tertiary/aromatic N) is 2. The van der Waals surface area contributed by atoms with Gasteiger partial charge in [0, 0.05) is 26.2 Å². The molecule has 0 saturated carbocycles. The molecule has 1 aliphatic heterocycles. The van der Waals surface area contributed by atoms with Crippen molar-refractivity contribution in [3.05, 3.63) is 24.0 Å². The average Bonchev–Trinajstić information content (AvgIpc) is 2.54. The fourth-order valence-corrected chi connectivity index (χ4v) is 1.95. The van der Waals surface area contributed by atoms with Gasteiger partial charge in [0.2, 0.25) is 0 Å². The molecule has 1 unspecified atom stereocenters. The highest BCUT2D eigenvalue weighted by atomic mass is 16.5. The standard InChI is InChI=1S/C12H19N3O/c1-10-9-15(5-2-6-16-10)12-4-3-11(7-13)14-8-12/h3-4,8,10H,2,5-7,9,13H2,1H3. The fourth-order valence-electron chi connectivity index (χ4n) is 1.95. The van der Waals surface area contributed by atoms with Gasteiger partial charge in [-0.15, -0.1) is 0 Å². The first kappa shape index (κ1) is 11.4. The van der Waals surface area contributed by atoms with Crippen LogP contribution in [0.25, 0.3) is 0 Å². The first-order chi connectivity index (χ1) is 7.79. The van der Waals surface area contributed by atoms with E-state index in [1.165, 1.54) is 0 Å². The molecule has 1 fully saturated rings. The van der Waals surface area contributed by atoms with Gasteiger partial charge in [-0.3, -0.25) is 4.98 Å². The number of hydrogen-bond donors (Lipinski definition) is 1. The Hall–Kier alpha value is -1.13. The lowest BCUT2D eigenvalue weighted by Crippen LogP contribution is -2.30. The van der Waals surface area contributed by atoms with Crippen molar-refractivity contribution in [2.45, 2.75) is 26.0 Å². The molecule has 0 aliphatic carbocycles. The Morgan fingerprint density at radius 2 is 2.44 bits per heavy atom. The van der Waals surface area contributed by atoms with Crippen LogP contribution in [-0.2, 0) is 11.3 Å². The number of rotatable bonds is 2. The lowest BCUT2D eigenvalue weighted by Gasteiger charge is -2.24. The van der Waals surface area contributed by atoms with Gasteiger partial charge in [0.25, 0.3) is 0 Å². The first-order valence-electron chi connectivity index (χ1n) is 5.81. The zero-order valence-electron chi connectivity index (χ0n) is 9.72. The van der Waals surface area contributed by atoms with Crippen molar-refractivity contribution >= 4 is 5.69 Å². The van der Waals surface area contributed by atoms with Crippen LogP contribution in [0.3, 0.4) is 0 Å². The van der Waals surface area contributed by atoms with Crippen LogP contribution >= 0.6 is 0 Å². The summed E-state index contributed by atoms with van der Waals surface area (Å²) in [5, 5.41) is 0. The molecule has 0 aromatic carbocycles. The molecule has 4 nitrogen and oxygen atoms in total. The Morgan fingerprint density at radius 1 is 1.56 bits per heavy atom. The fraction of sp³-hybridized carbons (Fsp3) is 0.583. The Kier molecular flexibility index (Phi) is 3.74. The average molecular weight is 221 g/mol. The van der Waals surface area contributed by atoms with E-state index in [0.29, 0.717) is 6.54 Å². The van der Waals surface area contributed by atoms with Crippen molar-refractivity contribution in [1.82, 2.24) is 4.98 Å². The first-order valence-corrected chi connectivity index (χ1v) is 5.81. The normalized spacial score (nSPS) is 21.9. The molecule has 0 spiro atoms. The molecule has 88 valence electrons. The van der Waals surface area contributed by atoms with Gasteiger partial charge in [-0.2, -0.15) is 0 Å². The van der Waals surface area contributed by atoms with Gasteiger partial charge in [-0.25, -0.2) is 0 Å². The topological polar surface area (TPSA) is 51.4 Å². The van der Waals surface area contributed by atoms with Crippen molar-refractivity contribution in [3.8, 4) is 0 Å². The summed E-state index contributed by atoms with van der Waals surface area (Å²) in [7, 11) is 0. The summed E-state index contributed by atoms with van der Waals surface area (Å²) in [6.45, 7) is 5.43. The Bertz CT molecular complexity index is 326. The maximum absolute atomic E-state index is 5.62. The number of aromatic nitrogens is 1. The van der Waals surface area contributed by atoms with E-state index in [9.17, 15) is 0 Å². The second-order valence-corrected chi connectivity index (χ2v) is 4.19. The molecule has 1 aliphatic rings. The molecular formula is C12H19N3O. The van der Waals surface area contributed by atoms with Gasteiger partial charge in [0.05, 0.1) is 23.7 Å². The van der Waals surface area contributed by atoms with Crippen LogP contribution < -0.4 is 10.6 Å². The van der Waals surface area contributed by atoms with Gasteiger partial charge in [-0.05, 0) is 25.5 Å².